The maximum absolute atomic E-state index is 11.4. The molecule has 2 rings (SSSR count). The number of aliphatic hydroxyl groups excluding tert-OH is 1. The summed E-state index contributed by atoms with van der Waals surface area (Å²) in [7, 11) is 0. The van der Waals surface area contributed by atoms with Crippen molar-refractivity contribution >= 4 is 49.2 Å². The highest BCUT2D eigenvalue weighted by Crippen LogP contribution is 2.48. The molecule has 4 unspecified atom stereocenters. The summed E-state index contributed by atoms with van der Waals surface area (Å²) in [6.07, 6.45) is 1.74. The lowest BCUT2D eigenvalue weighted by Crippen LogP contribution is -2.23. The Balaban J connectivity index is 2.24. The van der Waals surface area contributed by atoms with Crippen LogP contribution in [0.2, 0.25) is 0 Å². The molecule has 0 spiro atoms. The second-order valence-corrected chi connectivity index (χ2v) is 7.62. The first kappa shape index (κ1) is 15.5. The van der Waals surface area contributed by atoms with E-state index < -0.39 is 18.0 Å². The third kappa shape index (κ3) is 3.06. The molecule has 3 nitrogen and oxygen atoms in total. The lowest BCUT2D eigenvalue weighted by Gasteiger charge is -2.21. The SMILES string of the molecule is CCC1CC(C(=O)O)C(C(O)c2scc(Br)c2Br)C1. The summed E-state index contributed by atoms with van der Waals surface area (Å²) < 4.78 is 1.75. The lowest BCUT2D eigenvalue weighted by molar-refractivity contribution is -0.144. The first-order valence-electron chi connectivity index (χ1n) is 6.28. The average Bonchev–Trinajstić information content (AvgIpc) is 2.94. The number of rotatable bonds is 4. The monoisotopic (exact) mass is 410 g/mol. The molecule has 0 radical (unpaired) electrons. The molecule has 0 aromatic carbocycles. The Kier molecular flexibility index (Phi) is 5.09. The summed E-state index contributed by atoms with van der Waals surface area (Å²) in [6, 6.07) is 0. The van der Waals surface area contributed by atoms with Crippen molar-refractivity contribution in [1.29, 1.82) is 0 Å². The van der Waals surface area contributed by atoms with Gasteiger partial charge in [-0.05, 0) is 50.6 Å². The molecule has 19 heavy (non-hydrogen) atoms. The van der Waals surface area contributed by atoms with Crippen molar-refractivity contribution in [3.05, 3.63) is 19.2 Å². The van der Waals surface area contributed by atoms with Gasteiger partial charge in [0.15, 0.2) is 0 Å². The molecule has 0 bridgehead atoms. The summed E-state index contributed by atoms with van der Waals surface area (Å²) in [6.45, 7) is 2.08. The Bertz CT molecular complexity index is 474. The summed E-state index contributed by atoms with van der Waals surface area (Å²) in [5, 5.41) is 21.8. The van der Waals surface area contributed by atoms with Crippen LogP contribution in [0.15, 0.2) is 14.3 Å². The van der Waals surface area contributed by atoms with E-state index in [4.69, 9.17) is 0 Å². The van der Waals surface area contributed by atoms with Gasteiger partial charge in [-0.1, -0.05) is 13.3 Å². The Morgan fingerprint density at radius 2 is 2.21 bits per heavy atom. The van der Waals surface area contributed by atoms with Gasteiger partial charge in [-0.15, -0.1) is 11.3 Å². The van der Waals surface area contributed by atoms with E-state index in [1.165, 1.54) is 11.3 Å². The molecule has 106 valence electrons. The Morgan fingerprint density at radius 3 is 2.68 bits per heavy atom. The van der Waals surface area contributed by atoms with E-state index >= 15 is 0 Å². The van der Waals surface area contributed by atoms with Crippen LogP contribution in [0.5, 0.6) is 0 Å². The predicted octanol–water partition coefficient (Wildman–Crippen LogP) is 4.44. The number of carbonyl (C=O) groups is 1. The fourth-order valence-electron chi connectivity index (χ4n) is 2.88. The van der Waals surface area contributed by atoms with Crippen LogP contribution < -0.4 is 0 Å². The maximum Gasteiger partial charge on any atom is 0.306 e. The van der Waals surface area contributed by atoms with E-state index in [0.717, 1.165) is 26.7 Å². The van der Waals surface area contributed by atoms with Crippen LogP contribution in [0.25, 0.3) is 0 Å². The summed E-state index contributed by atoms with van der Waals surface area (Å²) in [4.78, 5) is 12.2. The van der Waals surface area contributed by atoms with Crippen molar-refractivity contribution in [1.82, 2.24) is 0 Å². The van der Waals surface area contributed by atoms with Crippen LogP contribution >= 0.6 is 43.2 Å². The smallest absolute Gasteiger partial charge is 0.306 e. The van der Waals surface area contributed by atoms with Gasteiger partial charge >= 0.3 is 5.97 Å². The summed E-state index contributed by atoms with van der Waals surface area (Å²) in [5.74, 6) is -1.01. The van der Waals surface area contributed by atoms with E-state index in [1.807, 2.05) is 5.38 Å². The van der Waals surface area contributed by atoms with Crippen LogP contribution in [0.4, 0.5) is 0 Å². The third-order valence-corrected chi connectivity index (χ3v) is 7.62. The van der Waals surface area contributed by atoms with E-state index in [-0.39, 0.29) is 5.92 Å². The number of thiophene rings is 1. The van der Waals surface area contributed by atoms with Crippen LogP contribution in [0.3, 0.4) is 0 Å². The molecule has 1 aromatic heterocycles. The molecule has 4 atom stereocenters. The highest BCUT2D eigenvalue weighted by molar-refractivity contribution is 9.13. The number of carboxylic acids is 1. The average molecular weight is 412 g/mol. The quantitative estimate of drug-likeness (QED) is 0.769. The molecular formula is C13H16Br2O3S. The predicted molar refractivity (Wildman–Crippen MR) is 82.3 cm³/mol. The molecule has 0 aliphatic heterocycles. The zero-order valence-corrected chi connectivity index (χ0v) is 14.5. The minimum Gasteiger partial charge on any atom is -0.481 e. The summed E-state index contributed by atoms with van der Waals surface area (Å²) in [5.41, 5.74) is 0. The molecule has 1 aliphatic rings. The first-order valence-corrected chi connectivity index (χ1v) is 8.75. The fraction of sp³-hybridized carbons (Fsp3) is 0.615. The van der Waals surface area contributed by atoms with Gasteiger partial charge in [-0.3, -0.25) is 4.79 Å². The molecular weight excluding hydrogens is 396 g/mol. The second-order valence-electron chi connectivity index (χ2n) is 5.06. The molecule has 2 N–H and O–H groups in total. The van der Waals surface area contributed by atoms with Gasteiger partial charge in [0.05, 0.1) is 12.0 Å². The number of hydrogen-bond donors (Lipinski definition) is 2. The van der Waals surface area contributed by atoms with Gasteiger partial charge in [-0.2, -0.15) is 0 Å². The molecule has 1 fully saturated rings. The maximum atomic E-state index is 11.4. The zero-order chi connectivity index (χ0) is 14.2. The van der Waals surface area contributed by atoms with Crippen LogP contribution in [-0.2, 0) is 4.79 Å². The van der Waals surface area contributed by atoms with Gasteiger partial charge in [0.2, 0.25) is 0 Å². The van der Waals surface area contributed by atoms with Gasteiger partial charge < -0.3 is 10.2 Å². The molecule has 0 saturated heterocycles. The second kappa shape index (κ2) is 6.24. The van der Waals surface area contributed by atoms with Crippen LogP contribution in [0, 0.1) is 17.8 Å². The van der Waals surface area contributed by atoms with E-state index in [1.54, 1.807) is 0 Å². The number of aliphatic carboxylic acids is 1. The largest absolute Gasteiger partial charge is 0.481 e. The highest BCUT2D eigenvalue weighted by Gasteiger charge is 2.43. The summed E-state index contributed by atoms with van der Waals surface area (Å²) >= 11 is 8.30. The van der Waals surface area contributed by atoms with Gasteiger partial charge in [0.1, 0.15) is 0 Å². The van der Waals surface area contributed by atoms with E-state index in [2.05, 4.69) is 38.8 Å². The number of hydrogen-bond acceptors (Lipinski definition) is 3. The van der Waals surface area contributed by atoms with Gasteiger partial charge in [0.25, 0.3) is 0 Å². The van der Waals surface area contributed by atoms with Crippen molar-refractivity contribution in [2.45, 2.75) is 32.3 Å². The number of carboxylic acid groups (broad SMARTS) is 1. The fourth-order valence-corrected chi connectivity index (χ4v) is 5.16. The zero-order valence-electron chi connectivity index (χ0n) is 10.5. The first-order chi connectivity index (χ1) is 8.95. The molecule has 6 heteroatoms. The minimum absolute atomic E-state index is 0.190. The Labute approximate surface area is 133 Å². The van der Waals surface area contributed by atoms with Gasteiger partial charge in [0, 0.05) is 25.1 Å². The molecule has 1 aliphatic carbocycles. The van der Waals surface area contributed by atoms with Crippen molar-refractivity contribution in [3.8, 4) is 0 Å². The highest BCUT2D eigenvalue weighted by atomic mass is 79.9. The van der Waals surface area contributed by atoms with Crippen molar-refractivity contribution < 1.29 is 15.0 Å². The normalized spacial score (nSPS) is 28.5. The molecule has 1 heterocycles. The van der Waals surface area contributed by atoms with Crippen LogP contribution in [0.1, 0.15) is 37.2 Å². The number of halogens is 2. The minimum atomic E-state index is -0.785. The molecule has 0 amide bonds. The van der Waals surface area contributed by atoms with E-state index in [0.29, 0.717) is 12.3 Å². The lowest BCUT2D eigenvalue weighted by atomic mass is 9.90. The van der Waals surface area contributed by atoms with Crippen molar-refractivity contribution in [3.63, 3.8) is 0 Å². The molecule has 1 aromatic rings. The standard InChI is InChI=1S/C13H16Br2O3S/c1-2-6-3-7(8(4-6)13(17)18)11(16)12-10(15)9(14)5-19-12/h5-8,11,16H,2-4H2,1H3,(H,17,18). The van der Waals surface area contributed by atoms with Crippen molar-refractivity contribution in [2.75, 3.05) is 0 Å². The number of aliphatic hydroxyl groups is 1. The van der Waals surface area contributed by atoms with Gasteiger partial charge in [-0.25, -0.2) is 0 Å². The topological polar surface area (TPSA) is 57.5 Å². The molecule has 1 saturated carbocycles. The van der Waals surface area contributed by atoms with Crippen molar-refractivity contribution in [2.24, 2.45) is 17.8 Å². The Morgan fingerprint density at radius 1 is 1.53 bits per heavy atom. The Hall–Kier alpha value is 0.0900. The van der Waals surface area contributed by atoms with E-state index in [9.17, 15) is 15.0 Å². The third-order valence-electron chi connectivity index (χ3n) is 3.99. The van der Waals surface area contributed by atoms with Crippen LogP contribution in [-0.4, -0.2) is 16.2 Å².